The van der Waals surface area contributed by atoms with E-state index in [0.29, 0.717) is 11.1 Å². The Kier molecular flexibility index (Phi) is 2.68. The molecule has 2 rings (SSSR count). The fourth-order valence-electron chi connectivity index (χ4n) is 1.86. The Balaban J connectivity index is 2.73. The molecule has 17 heavy (non-hydrogen) atoms. The Morgan fingerprint density at radius 3 is 2.00 bits per heavy atom. The molecule has 0 aromatic heterocycles. The minimum absolute atomic E-state index is 0.278. The molecule has 3 nitrogen and oxygen atoms in total. The summed E-state index contributed by atoms with van der Waals surface area (Å²) in [6.07, 6.45) is 0. The molecular weight excluding hydrogens is 216 g/mol. The molecule has 0 saturated heterocycles. The van der Waals surface area contributed by atoms with Gasteiger partial charge in [0, 0.05) is 5.56 Å². The number of aryl methyl sites for hydroxylation is 2. The van der Waals surface area contributed by atoms with Gasteiger partial charge in [-0.05, 0) is 36.6 Å². The van der Waals surface area contributed by atoms with Gasteiger partial charge in [0.2, 0.25) is 5.75 Å². The van der Waals surface area contributed by atoms with Crippen LogP contribution in [0.1, 0.15) is 11.1 Å². The predicted molar refractivity (Wildman–Crippen MR) is 66.3 cm³/mol. The lowest BCUT2D eigenvalue weighted by molar-refractivity contribution is 0.367. The first-order valence-corrected chi connectivity index (χ1v) is 5.33. The van der Waals surface area contributed by atoms with Gasteiger partial charge in [0.15, 0.2) is 11.5 Å². The van der Waals surface area contributed by atoms with E-state index in [4.69, 9.17) is 0 Å². The smallest absolute Gasteiger partial charge is 0.201 e. The molecule has 0 atom stereocenters. The molecule has 3 N–H and O–H groups in total. The topological polar surface area (TPSA) is 60.7 Å². The maximum absolute atomic E-state index is 9.87. The normalized spacial score (nSPS) is 10.5. The minimum Gasteiger partial charge on any atom is -0.504 e. The SMILES string of the molecule is Cc1ccccc1-c1cc(C)c(O)c(O)c1O. The van der Waals surface area contributed by atoms with Crippen molar-refractivity contribution in [2.75, 3.05) is 0 Å². The molecule has 0 saturated carbocycles. The zero-order chi connectivity index (χ0) is 12.6. The van der Waals surface area contributed by atoms with E-state index in [1.54, 1.807) is 13.0 Å². The largest absolute Gasteiger partial charge is 0.504 e. The molecule has 0 amide bonds. The van der Waals surface area contributed by atoms with Crippen LogP contribution in [-0.4, -0.2) is 15.3 Å². The third kappa shape index (κ3) is 1.80. The molecule has 0 fully saturated rings. The van der Waals surface area contributed by atoms with Gasteiger partial charge in [-0.3, -0.25) is 0 Å². The highest BCUT2D eigenvalue weighted by Crippen LogP contribution is 2.44. The average molecular weight is 230 g/mol. The second-order valence-electron chi connectivity index (χ2n) is 4.10. The van der Waals surface area contributed by atoms with E-state index in [2.05, 4.69) is 0 Å². The highest BCUT2D eigenvalue weighted by Gasteiger charge is 2.16. The van der Waals surface area contributed by atoms with Crippen molar-refractivity contribution in [1.29, 1.82) is 0 Å². The van der Waals surface area contributed by atoms with Crippen LogP contribution in [0.15, 0.2) is 30.3 Å². The molecule has 0 spiro atoms. The third-order valence-electron chi connectivity index (χ3n) is 2.87. The molecule has 3 heteroatoms. The standard InChI is InChI=1S/C14H14O3/c1-8-5-3-4-6-10(8)11-7-9(2)12(15)14(17)13(11)16/h3-7,15-17H,1-2H3. The Morgan fingerprint density at radius 1 is 0.706 bits per heavy atom. The lowest BCUT2D eigenvalue weighted by Crippen LogP contribution is -1.86. The van der Waals surface area contributed by atoms with Gasteiger partial charge in [-0.25, -0.2) is 0 Å². The lowest BCUT2D eigenvalue weighted by atomic mass is 9.97. The molecule has 0 radical (unpaired) electrons. The minimum atomic E-state index is -0.469. The highest BCUT2D eigenvalue weighted by molar-refractivity contribution is 5.78. The van der Waals surface area contributed by atoms with Crippen molar-refractivity contribution >= 4 is 0 Å². The number of phenols is 3. The predicted octanol–water partition coefficient (Wildman–Crippen LogP) is 3.09. The second kappa shape index (κ2) is 4.01. The van der Waals surface area contributed by atoms with Crippen molar-refractivity contribution in [2.45, 2.75) is 13.8 Å². The average Bonchev–Trinajstić information content (AvgIpc) is 2.32. The van der Waals surface area contributed by atoms with Gasteiger partial charge in [0.1, 0.15) is 0 Å². The van der Waals surface area contributed by atoms with Gasteiger partial charge >= 0.3 is 0 Å². The van der Waals surface area contributed by atoms with Gasteiger partial charge in [0.25, 0.3) is 0 Å². The lowest BCUT2D eigenvalue weighted by Gasteiger charge is -2.12. The van der Waals surface area contributed by atoms with Crippen molar-refractivity contribution in [2.24, 2.45) is 0 Å². The van der Waals surface area contributed by atoms with Gasteiger partial charge in [0.05, 0.1) is 0 Å². The van der Waals surface area contributed by atoms with Gasteiger partial charge in [-0.2, -0.15) is 0 Å². The Bertz CT molecular complexity index is 574. The van der Waals surface area contributed by atoms with Crippen LogP contribution in [0.2, 0.25) is 0 Å². The van der Waals surface area contributed by atoms with E-state index < -0.39 is 5.75 Å². The molecule has 88 valence electrons. The molecule has 0 bridgehead atoms. The number of phenolic OH excluding ortho intramolecular Hbond substituents is 3. The Hall–Kier alpha value is -2.16. The van der Waals surface area contributed by atoms with Crippen LogP contribution in [0.3, 0.4) is 0 Å². The molecule has 2 aromatic rings. The van der Waals surface area contributed by atoms with Crippen molar-refractivity contribution in [1.82, 2.24) is 0 Å². The van der Waals surface area contributed by atoms with Crippen LogP contribution in [0.25, 0.3) is 11.1 Å². The summed E-state index contributed by atoms with van der Waals surface area (Å²) in [4.78, 5) is 0. The fourth-order valence-corrected chi connectivity index (χ4v) is 1.86. The van der Waals surface area contributed by atoms with E-state index in [1.807, 2.05) is 31.2 Å². The van der Waals surface area contributed by atoms with E-state index in [-0.39, 0.29) is 11.5 Å². The van der Waals surface area contributed by atoms with E-state index in [1.165, 1.54) is 0 Å². The summed E-state index contributed by atoms with van der Waals surface area (Å²) in [5, 5.41) is 29.0. The van der Waals surface area contributed by atoms with Crippen LogP contribution in [0.4, 0.5) is 0 Å². The molecule has 0 heterocycles. The zero-order valence-electron chi connectivity index (χ0n) is 9.73. The number of benzene rings is 2. The van der Waals surface area contributed by atoms with Crippen molar-refractivity contribution in [3.8, 4) is 28.4 Å². The van der Waals surface area contributed by atoms with Crippen molar-refractivity contribution < 1.29 is 15.3 Å². The van der Waals surface area contributed by atoms with Crippen LogP contribution in [-0.2, 0) is 0 Å². The second-order valence-corrected chi connectivity index (χ2v) is 4.10. The van der Waals surface area contributed by atoms with Gasteiger partial charge in [-0.15, -0.1) is 0 Å². The number of hydrogen-bond acceptors (Lipinski definition) is 3. The molecule has 2 aromatic carbocycles. The molecule has 0 unspecified atom stereocenters. The van der Waals surface area contributed by atoms with Crippen LogP contribution < -0.4 is 0 Å². The Morgan fingerprint density at radius 2 is 1.35 bits per heavy atom. The van der Waals surface area contributed by atoms with Gasteiger partial charge < -0.3 is 15.3 Å². The van der Waals surface area contributed by atoms with Gasteiger partial charge in [-0.1, -0.05) is 24.3 Å². The summed E-state index contributed by atoms with van der Waals surface area (Å²) >= 11 is 0. The van der Waals surface area contributed by atoms with E-state index >= 15 is 0 Å². The summed E-state index contributed by atoms with van der Waals surface area (Å²) < 4.78 is 0. The number of aromatic hydroxyl groups is 3. The monoisotopic (exact) mass is 230 g/mol. The summed E-state index contributed by atoms with van der Waals surface area (Å²) in [5.74, 6) is -1.04. The quantitative estimate of drug-likeness (QED) is 0.660. The summed E-state index contributed by atoms with van der Waals surface area (Å²) in [6, 6.07) is 9.21. The first-order valence-electron chi connectivity index (χ1n) is 5.33. The number of rotatable bonds is 1. The maximum atomic E-state index is 9.87. The van der Waals surface area contributed by atoms with Crippen LogP contribution in [0, 0.1) is 13.8 Å². The molecular formula is C14H14O3. The fraction of sp³-hybridized carbons (Fsp3) is 0.143. The summed E-state index contributed by atoms with van der Waals surface area (Å²) in [7, 11) is 0. The van der Waals surface area contributed by atoms with E-state index in [0.717, 1.165) is 11.1 Å². The van der Waals surface area contributed by atoms with Crippen LogP contribution in [0.5, 0.6) is 17.2 Å². The summed E-state index contributed by atoms with van der Waals surface area (Å²) in [6.45, 7) is 3.60. The van der Waals surface area contributed by atoms with E-state index in [9.17, 15) is 15.3 Å². The zero-order valence-corrected chi connectivity index (χ0v) is 9.73. The summed E-state index contributed by atoms with van der Waals surface area (Å²) in [5.41, 5.74) is 2.88. The third-order valence-corrected chi connectivity index (χ3v) is 2.87. The molecule has 0 aliphatic carbocycles. The number of hydrogen-bond donors (Lipinski definition) is 3. The highest BCUT2D eigenvalue weighted by atomic mass is 16.3. The maximum Gasteiger partial charge on any atom is 0.201 e. The Labute approximate surface area is 99.6 Å². The van der Waals surface area contributed by atoms with Crippen molar-refractivity contribution in [3.63, 3.8) is 0 Å². The molecule has 0 aliphatic rings. The first-order chi connectivity index (χ1) is 8.02. The first kappa shape index (κ1) is 11.3. The van der Waals surface area contributed by atoms with Crippen LogP contribution >= 0.6 is 0 Å². The molecule has 0 aliphatic heterocycles. The van der Waals surface area contributed by atoms with Crippen molar-refractivity contribution in [3.05, 3.63) is 41.5 Å².